The van der Waals surface area contributed by atoms with E-state index in [2.05, 4.69) is 4.90 Å². The van der Waals surface area contributed by atoms with Gasteiger partial charge in [-0.25, -0.2) is 4.39 Å². The van der Waals surface area contributed by atoms with Crippen LogP contribution < -0.4 is 4.90 Å². The van der Waals surface area contributed by atoms with Gasteiger partial charge in [-0.15, -0.1) is 0 Å². The number of carbonyl (C=O) groups is 1. The number of ether oxygens (including phenoxy) is 1. The predicted molar refractivity (Wildman–Crippen MR) is 71.7 cm³/mol. The van der Waals surface area contributed by atoms with Gasteiger partial charge in [-0.3, -0.25) is 4.79 Å². The Morgan fingerprint density at radius 3 is 2.42 bits per heavy atom. The second kappa shape index (κ2) is 6.52. The summed E-state index contributed by atoms with van der Waals surface area (Å²) >= 11 is 0. The summed E-state index contributed by atoms with van der Waals surface area (Å²) in [6.45, 7) is 3.45. The van der Waals surface area contributed by atoms with E-state index >= 15 is 0 Å². The Kier molecular flexibility index (Phi) is 4.74. The molecular weight excluding hydrogens is 247 g/mol. The highest BCUT2D eigenvalue weighted by atomic mass is 19.1. The van der Waals surface area contributed by atoms with Crippen molar-refractivity contribution in [1.29, 1.82) is 0 Å². The molecule has 0 unspecified atom stereocenters. The summed E-state index contributed by atoms with van der Waals surface area (Å²) in [5.41, 5.74) is 1.00. The lowest BCUT2D eigenvalue weighted by Crippen LogP contribution is -2.49. The topological polar surface area (TPSA) is 32.8 Å². The highest BCUT2D eigenvalue weighted by Gasteiger charge is 2.20. The number of rotatable bonds is 4. The lowest BCUT2D eigenvalue weighted by Gasteiger charge is -2.36. The Bertz CT molecular complexity index is 414. The van der Waals surface area contributed by atoms with E-state index < -0.39 is 0 Å². The van der Waals surface area contributed by atoms with Crippen LogP contribution in [0.1, 0.15) is 6.42 Å². The number of benzene rings is 1. The molecule has 0 aliphatic carbocycles. The van der Waals surface area contributed by atoms with Crippen molar-refractivity contribution in [2.75, 3.05) is 44.8 Å². The van der Waals surface area contributed by atoms with Gasteiger partial charge in [-0.1, -0.05) is 0 Å². The summed E-state index contributed by atoms with van der Waals surface area (Å²) in [7, 11) is 1.60. The minimum absolute atomic E-state index is 0.139. The van der Waals surface area contributed by atoms with Crippen molar-refractivity contribution in [2.24, 2.45) is 0 Å². The maximum Gasteiger partial charge on any atom is 0.225 e. The number of amides is 1. The molecule has 1 aromatic rings. The summed E-state index contributed by atoms with van der Waals surface area (Å²) in [5.74, 6) is -0.0854. The molecule has 1 aliphatic rings. The number of anilines is 1. The summed E-state index contributed by atoms with van der Waals surface area (Å²) in [6, 6.07) is 6.48. The lowest BCUT2D eigenvalue weighted by molar-refractivity contribution is -0.132. The third kappa shape index (κ3) is 3.67. The number of carbonyl (C=O) groups excluding carboxylic acids is 1. The van der Waals surface area contributed by atoms with Crippen LogP contribution in [0.15, 0.2) is 24.3 Å². The largest absolute Gasteiger partial charge is 0.384 e. The minimum atomic E-state index is -0.225. The van der Waals surface area contributed by atoms with Gasteiger partial charge in [-0.05, 0) is 24.3 Å². The molecule has 0 spiro atoms. The van der Waals surface area contributed by atoms with Gasteiger partial charge in [0.2, 0.25) is 5.91 Å². The molecule has 104 valence electrons. The third-order valence-electron chi connectivity index (χ3n) is 3.34. The van der Waals surface area contributed by atoms with Gasteiger partial charge >= 0.3 is 0 Å². The zero-order valence-electron chi connectivity index (χ0n) is 11.1. The normalized spacial score (nSPS) is 15.7. The fourth-order valence-electron chi connectivity index (χ4n) is 2.21. The molecule has 1 heterocycles. The molecule has 0 atom stereocenters. The molecule has 0 radical (unpaired) electrons. The highest BCUT2D eigenvalue weighted by Crippen LogP contribution is 2.17. The first-order valence-electron chi connectivity index (χ1n) is 6.48. The van der Waals surface area contributed by atoms with Crippen LogP contribution >= 0.6 is 0 Å². The van der Waals surface area contributed by atoms with Gasteiger partial charge in [-0.2, -0.15) is 0 Å². The molecule has 1 aromatic carbocycles. The number of hydrogen-bond acceptors (Lipinski definition) is 3. The predicted octanol–water partition coefficient (Wildman–Crippen LogP) is 1.51. The Labute approximate surface area is 112 Å². The number of hydrogen-bond donors (Lipinski definition) is 0. The maximum atomic E-state index is 12.9. The maximum absolute atomic E-state index is 12.9. The van der Waals surface area contributed by atoms with Gasteiger partial charge in [0.1, 0.15) is 5.82 Å². The van der Waals surface area contributed by atoms with E-state index in [4.69, 9.17) is 4.74 Å². The van der Waals surface area contributed by atoms with Crippen LogP contribution in [0.4, 0.5) is 10.1 Å². The quantitative estimate of drug-likeness (QED) is 0.828. The molecule has 1 fully saturated rings. The molecule has 5 heteroatoms. The van der Waals surface area contributed by atoms with Crippen molar-refractivity contribution >= 4 is 11.6 Å². The average Bonchev–Trinajstić information content (AvgIpc) is 2.46. The highest BCUT2D eigenvalue weighted by molar-refractivity contribution is 5.76. The van der Waals surface area contributed by atoms with Gasteiger partial charge in [0.15, 0.2) is 0 Å². The molecule has 0 aromatic heterocycles. The Morgan fingerprint density at radius 2 is 1.84 bits per heavy atom. The van der Waals surface area contributed by atoms with Crippen molar-refractivity contribution in [3.8, 4) is 0 Å². The van der Waals surface area contributed by atoms with Crippen LogP contribution in [0.2, 0.25) is 0 Å². The van der Waals surface area contributed by atoms with Crippen molar-refractivity contribution < 1.29 is 13.9 Å². The number of nitrogens with zero attached hydrogens (tertiary/aromatic N) is 2. The monoisotopic (exact) mass is 266 g/mol. The van der Waals surface area contributed by atoms with Crippen molar-refractivity contribution in [1.82, 2.24) is 4.90 Å². The number of piperazine rings is 1. The van der Waals surface area contributed by atoms with E-state index in [1.807, 2.05) is 4.90 Å². The Morgan fingerprint density at radius 1 is 1.21 bits per heavy atom. The van der Waals surface area contributed by atoms with Crippen LogP contribution in [0.3, 0.4) is 0 Å². The molecule has 1 amide bonds. The van der Waals surface area contributed by atoms with E-state index in [1.54, 1.807) is 19.2 Å². The van der Waals surface area contributed by atoms with E-state index in [1.165, 1.54) is 12.1 Å². The summed E-state index contributed by atoms with van der Waals surface area (Å²) < 4.78 is 17.8. The summed E-state index contributed by atoms with van der Waals surface area (Å²) in [4.78, 5) is 15.8. The average molecular weight is 266 g/mol. The van der Waals surface area contributed by atoms with Gasteiger partial charge in [0, 0.05) is 39.0 Å². The van der Waals surface area contributed by atoms with Crippen LogP contribution in [0.5, 0.6) is 0 Å². The van der Waals surface area contributed by atoms with Crippen LogP contribution in [0, 0.1) is 5.82 Å². The van der Waals surface area contributed by atoms with E-state index in [-0.39, 0.29) is 11.7 Å². The fraction of sp³-hybridized carbons (Fsp3) is 0.500. The van der Waals surface area contributed by atoms with E-state index in [0.717, 1.165) is 18.8 Å². The van der Waals surface area contributed by atoms with Crippen molar-refractivity contribution in [2.45, 2.75) is 6.42 Å². The number of methoxy groups -OCH3 is 1. The smallest absolute Gasteiger partial charge is 0.225 e. The fourth-order valence-corrected chi connectivity index (χ4v) is 2.21. The van der Waals surface area contributed by atoms with E-state index in [9.17, 15) is 9.18 Å². The lowest BCUT2D eigenvalue weighted by atomic mass is 10.2. The van der Waals surface area contributed by atoms with Gasteiger partial charge < -0.3 is 14.5 Å². The molecule has 19 heavy (non-hydrogen) atoms. The minimum Gasteiger partial charge on any atom is -0.384 e. The Hall–Kier alpha value is -1.62. The third-order valence-corrected chi connectivity index (χ3v) is 3.34. The molecule has 2 rings (SSSR count). The molecule has 0 N–H and O–H groups in total. The molecule has 4 nitrogen and oxygen atoms in total. The van der Waals surface area contributed by atoms with Crippen LogP contribution in [-0.2, 0) is 9.53 Å². The zero-order valence-corrected chi connectivity index (χ0v) is 11.1. The van der Waals surface area contributed by atoms with Gasteiger partial charge in [0.05, 0.1) is 13.0 Å². The number of halogens is 1. The first-order chi connectivity index (χ1) is 9.20. The van der Waals surface area contributed by atoms with Gasteiger partial charge in [0.25, 0.3) is 0 Å². The SMILES string of the molecule is COCCC(=O)N1CCN(c2ccc(F)cc2)CC1. The second-order valence-corrected chi connectivity index (χ2v) is 4.59. The zero-order chi connectivity index (χ0) is 13.7. The second-order valence-electron chi connectivity index (χ2n) is 4.59. The Balaban J connectivity index is 1.85. The first kappa shape index (κ1) is 13.8. The van der Waals surface area contributed by atoms with Crippen LogP contribution in [0.25, 0.3) is 0 Å². The molecule has 1 saturated heterocycles. The van der Waals surface area contributed by atoms with E-state index in [0.29, 0.717) is 26.1 Å². The van der Waals surface area contributed by atoms with Crippen LogP contribution in [-0.4, -0.2) is 50.7 Å². The first-order valence-corrected chi connectivity index (χ1v) is 6.48. The molecule has 0 saturated carbocycles. The molecular formula is C14H19FN2O2. The van der Waals surface area contributed by atoms with Crippen molar-refractivity contribution in [3.63, 3.8) is 0 Å². The standard InChI is InChI=1S/C14H19FN2O2/c1-19-11-6-14(18)17-9-7-16(8-10-17)13-4-2-12(15)3-5-13/h2-5H,6-11H2,1H3. The van der Waals surface area contributed by atoms with Crippen molar-refractivity contribution in [3.05, 3.63) is 30.1 Å². The molecule has 0 bridgehead atoms. The summed E-state index contributed by atoms with van der Waals surface area (Å²) in [5, 5.41) is 0. The summed E-state index contributed by atoms with van der Waals surface area (Å²) in [6.07, 6.45) is 0.438. The molecule has 1 aliphatic heterocycles.